The van der Waals surface area contributed by atoms with Crippen molar-refractivity contribution in [1.82, 2.24) is 24.4 Å². The zero-order valence-corrected chi connectivity index (χ0v) is 16.8. The second-order valence-corrected chi connectivity index (χ2v) is 7.73. The Morgan fingerprint density at radius 1 is 1.10 bits per heavy atom. The zero-order valence-electron chi connectivity index (χ0n) is 16.0. The molecule has 4 heterocycles. The Bertz CT molecular complexity index is 1180. The maximum absolute atomic E-state index is 11.4. The maximum atomic E-state index is 11.4. The summed E-state index contributed by atoms with van der Waals surface area (Å²) in [5.41, 5.74) is 7.86. The summed E-state index contributed by atoms with van der Waals surface area (Å²) in [4.78, 5) is 25.7. The molecule has 1 aliphatic rings. The Balaban J connectivity index is 1.64. The van der Waals surface area contributed by atoms with Gasteiger partial charge in [-0.15, -0.1) is 11.3 Å². The van der Waals surface area contributed by atoms with Crippen LogP contribution in [-0.2, 0) is 4.74 Å². The molecule has 1 aliphatic heterocycles. The number of morpholine rings is 1. The number of carbonyl (C=O) groups is 1. The minimum Gasteiger partial charge on any atom is -0.379 e. The summed E-state index contributed by atoms with van der Waals surface area (Å²) in [6, 6.07) is 10.1. The Hall–Kier alpha value is -3.34. The highest BCUT2D eigenvalue weighted by Gasteiger charge is 2.25. The molecule has 1 aromatic carbocycles. The topological polar surface area (TPSA) is 102 Å². The predicted molar refractivity (Wildman–Crippen MR) is 114 cm³/mol. The number of anilines is 2. The molecule has 1 saturated heterocycles. The van der Waals surface area contributed by atoms with Gasteiger partial charge in [0.05, 0.1) is 35.7 Å². The van der Waals surface area contributed by atoms with Gasteiger partial charge in [0, 0.05) is 31.7 Å². The summed E-state index contributed by atoms with van der Waals surface area (Å²) in [6.07, 6.45) is 7.03. The van der Waals surface area contributed by atoms with Gasteiger partial charge in [-0.3, -0.25) is 14.2 Å². The van der Waals surface area contributed by atoms with Gasteiger partial charge >= 0.3 is 0 Å². The highest BCUT2D eigenvalue weighted by atomic mass is 32.1. The number of fused-ring (bicyclic) bond motifs is 1. The normalized spacial score (nSPS) is 14.8. The number of imidazole rings is 1. The van der Waals surface area contributed by atoms with Crippen LogP contribution in [0.25, 0.3) is 16.2 Å². The quantitative estimate of drug-likeness (QED) is 0.528. The van der Waals surface area contributed by atoms with E-state index >= 15 is 0 Å². The lowest BCUT2D eigenvalue weighted by Gasteiger charge is -2.38. The van der Waals surface area contributed by atoms with Crippen LogP contribution in [-0.4, -0.2) is 56.6 Å². The number of nitrogens with two attached hydrogens (primary N) is 1. The molecule has 0 radical (unpaired) electrons. The van der Waals surface area contributed by atoms with Crippen LogP contribution in [0.1, 0.15) is 9.80 Å². The van der Waals surface area contributed by atoms with E-state index in [2.05, 4.69) is 20.0 Å². The summed E-state index contributed by atoms with van der Waals surface area (Å²) in [5.74, 6) is 0.178. The molecule has 0 saturated carbocycles. The SMILES string of the molecule is NC(=O)c1ncc(-c2cnc(N(c3ccccc3)N3CCOCC3)c3nccn23)s1. The van der Waals surface area contributed by atoms with E-state index < -0.39 is 5.91 Å². The Kier molecular flexibility index (Phi) is 4.87. The van der Waals surface area contributed by atoms with Gasteiger partial charge in [-0.05, 0) is 12.1 Å². The third-order valence-electron chi connectivity index (χ3n) is 4.85. The predicted octanol–water partition coefficient (Wildman–Crippen LogP) is 2.34. The van der Waals surface area contributed by atoms with Crippen LogP contribution in [0.3, 0.4) is 0 Å². The van der Waals surface area contributed by atoms with E-state index in [0.717, 1.165) is 35.2 Å². The molecule has 152 valence electrons. The van der Waals surface area contributed by atoms with Crippen molar-refractivity contribution in [2.45, 2.75) is 0 Å². The number of hydrogen-bond acceptors (Lipinski definition) is 8. The smallest absolute Gasteiger partial charge is 0.277 e. The van der Waals surface area contributed by atoms with E-state index in [9.17, 15) is 4.79 Å². The molecule has 0 aliphatic carbocycles. The summed E-state index contributed by atoms with van der Waals surface area (Å²) >= 11 is 1.24. The van der Waals surface area contributed by atoms with Crippen molar-refractivity contribution in [3.63, 3.8) is 0 Å². The fourth-order valence-electron chi connectivity index (χ4n) is 3.49. The highest BCUT2D eigenvalue weighted by molar-refractivity contribution is 7.16. The molecule has 3 aromatic heterocycles. The first-order valence-corrected chi connectivity index (χ1v) is 10.3. The van der Waals surface area contributed by atoms with Gasteiger partial charge < -0.3 is 10.5 Å². The number of para-hydroxylation sites is 1. The highest BCUT2D eigenvalue weighted by Crippen LogP contribution is 2.33. The van der Waals surface area contributed by atoms with Crippen LogP contribution in [0.4, 0.5) is 11.5 Å². The lowest BCUT2D eigenvalue weighted by atomic mass is 10.3. The summed E-state index contributed by atoms with van der Waals surface area (Å²) in [5, 5.41) is 4.57. The van der Waals surface area contributed by atoms with Crippen molar-refractivity contribution >= 4 is 34.4 Å². The molecule has 1 fully saturated rings. The second kappa shape index (κ2) is 7.82. The molecule has 0 atom stereocenters. The van der Waals surface area contributed by atoms with Crippen LogP contribution >= 0.6 is 11.3 Å². The number of amides is 1. The van der Waals surface area contributed by atoms with Crippen molar-refractivity contribution in [3.8, 4) is 10.6 Å². The lowest BCUT2D eigenvalue weighted by Crippen LogP contribution is -2.47. The van der Waals surface area contributed by atoms with Crippen LogP contribution in [0, 0.1) is 0 Å². The van der Waals surface area contributed by atoms with Gasteiger partial charge in [0.1, 0.15) is 0 Å². The van der Waals surface area contributed by atoms with Crippen molar-refractivity contribution < 1.29 is 9.53 Å². The molecule has 10 heteroatoms. The van der Waals surface area contributed by atoms with Crippen molar-refractivity contribution in [2.75, 3.05) is 31.3 Å². The number of thiazole rings is 1. The monoisotopic (exact) mass is 421 g/mol. The molecular formula is C20H19N7O2S. The number of primary amides is 1. The fourth-order valence-corrected chi connectivity index (χ4v) is 4.26. The number of nitrogens with zero attached hydrogens (tertiary/aromatic N) is 6. The molecule has 1 amide bonds. The molecule has 4 aromatic rings. The number of benzene rings is 1. The molecule has 0 unspecified atom stereocenters. The Morgan fingerprint density at radius 2 is 1.90 bits per heavy atom. The number of rotatable bonds is 5. The third kappa shape index (κ3) is 3.30. The first kappa shape index (κ1) is 18.7. The van der Waals surface area contributed by atoms with E-state index in [1.807, 2.05) is 40.9 Å². The number of hydrogen-bond donors (Lipinski definition) is 1. The van der Waals surface area contributed by atoms with Crippen LogP contribution in [0.15, 0.2) is 55.1 Å². The third-order valence-corrected chi connectivity index (χ3v) is 5.88. The van der Waals surface area contributed by atoms with Gasteiger partial charge in [-0.1, -0.05) is 18.2 Å². The first-order chi connectivity index (χ1) is 14.7. The second-order valence-electron chi connectivity index (χ2n) is 6.70. The number of ether oxygens (including phenoxy) is 1. The number of carbonyl (C=O) groups excluding carboxylic acids is 1. The molecule has 0 spiro atoms. The average Bonchev–Trinajstić information content (AvgIpc) is 3.46. The first-order valence-electron chi connectivity index (χ1n) is 9.48. The van der Waals surface area contributed by atoms with Crippen molar-refractivity contribution in [2.24, 2.45) is 5.73 Å². The molecule has 9 nitrogen and oxygen atoms in total. The standard InChI is InChI=1S/C20H19N7O2S/c21-17(28)20-24-13-16(30-20)15-12-23-19(18-22-6-7-26(15)18)27(14-4-2-1-3-5-14)25-8-10-29-11-9-25/h1-7,12-13H,8-11H2,(H2,21,28). The average molecular weight is 421 g/mol. The molecular weight excluding hydrogens is 402 g/mol. The van der Waals surface area contributed by atoms with E-state index in [-0.39, 0.29) is 5.01 Å². The van der Waals surface area contributed by atoms with Gasteiger partial charge in [-0.2, -0.15) is 0 Å². The van der Waals surface area contributed by atoms with Crippen molar-refractivity contribution in [1.29, 1.82) is 0 Å². The largest absolute Gasteiger partial charge is 0.379 e. The molecule has 30 heavy (non-hydrogen) atoms. The Labute approximate surface area is 176 Å². The van der Waals surface area contributed by atoms with Gasteiger partial charge in [0.2, 0.25) is 0 Å². The molecule has 0 bridgehead atoms. The minimum absolute atomic E-state index is 0.265. The zero-order chi connectivity index (χ0) is 20.5. The maximum Gasteiger partial charge on any atom is 0.277 e. The molecule has 5 rings (SSSR count). The van der Waals surface area contributed by atoms with Crippen molar-refractivity contribution in [3.05, 3.63) is 60.1 Å². The number of aromatic nitrogens is 4. The Morgan fingerprint density at radius 3 is 2.63 bits per heavy atom. The van der Waals surface area contributed by atoms with Crippen LogP contribution in [0.2, 0.25) is 0 Å². The summed E-state index contributed by atoms with van der Waals surface area (Å²) in [7, 11) is 0. The number of hydrazine groups is 1. The fraction of sp³-hybridized carbons (Fsp3) is 0.200. The van der Waals surface area contributed by atoms with E-state index in [4.69, 9.17) is 15.5 Å². The lowest BCUT2D eigenvalue weighted by molar-refractivity contribution is 0.0376. The van der Waals surface area contributed by atoms with Gasteiger partial charge in [0.25, 0.3) is 5.91 Å². The van der Waals surface area contributed by atoms with E-state index in [1.54, 1.807) is 18.6 Å². The molecule has 2 N–H and O–H groups in total. The summed E-state index contributed by atoms with van der Waals surface area (Å²) < 4.78 is 7.50. The van der Waals surface area contributed by atoms with E-state index in [1.165, 1.54) is 11.3 Å². The minimum atomic E-state index is -0.541. The van der Waals surface area contributed by atoms with Gasteiger partial charge in [-0.25, -0.2) is 20.0 Å². The van der Waals surface area contributed by atoms with E-state index in [0.29, 0.717) is 18.9 Å². The van der Waals surface area contributed by atoms with Gasteiger partial charge in [0.15, 0.2) is 16.5 Å². The summed E-state index contributed by atoms with van der Waals surface area (Å²) in [6.45, 7) is 2.82. The van der Waals surface area contributed by atoms with Crippen LogP contribution in [0.5, 0.6) is 0 Å². The van der Waals surface area contributed by atoms with Crippen LogP contribution < -0.4 is 10.7 Å².